The second kappa shape index (κ2) is 8.30. The van der Waals surface area contributed by atoms with Gasteiger partial charge in [0.15, 0.2) is 0 Å². The van der Waals surface area contributed by atoms with Crippen molar-refractivity contribution in [3.05, 3.63) is 24.3 Å². The van der Waals surface area contributed by atoms with Gasteiger partial charge in [-0.05, 0) is 37.1 Å². The Morgan fingerprint density at radius 1 is 1.32 bits per heavy atom. The minimum atomic E-state index is -3.68. The molecule has 138 valence electrons. The van der Waals surface area contributed by atoms with Gasteiger partial charge < -0.3 is 15.2 Å². The number of hydrogen-bond acceptors (Lipinski definition) is 5. The van der Waals surface area contributed by atoms with Crippen LogP contribution in [0.2, 0.25) is 0 Å². The molecule has 0 bridgehead atoms. The number of sulfonamides is 1. The van der Waals surface area contributed by atoms with E-state index in [-0.39, 0.29) is 30.3 Å². The predicted molar refractivity (Wildman–Crippen MR) is 89.7 cm³/mol. The Morgan fingerprint density at radius 3 is 2.60 bits per heavy atom. The first kappa shape index (κ1) is 19.2. The van der Waals surface area contributed by atoms with Crippen LogP contribution in [0.4, 0.5) is 0 Å². The van der Waals surface area contributed by atoms with E-state index in [1.165, 1.54) is 23.5 Å². The monoisotopic (exact) mass is 370 g/mol. The zero-order chi connectivity index (χ0) is 18.4. The molecule has 0 spiro atoms. The largest absolute Gasteiger partial charge is 0.497 e. The van der Waals surface area contributed by atoms with E-state index in [1.54, 1.807) is 12.1 Å². The molecule has 1 saturated heterocycles. The van der Waals surface area contributed by atoms with Crippen LogP contribution in [0, 0.1) is 5.92 Å². The summed E-state index contributed by atoms with van der Waals surface area (Å²) < 4.78 is 31.8. The molecule has 1 aromatic carbocycles. The Hall–Kier alpha value is -2.13. The van der Waals surface area contributed by atoms with E-state index in [9.17, 15) is 18.0 Å². The van der Waals surface area contributed by atoms with E-state index in [0.717, 1.165) is 0 Å². The van der Waals surface area contributed by atoms with E-state index >= 15 is 0 Å². The van der Waals surface area contributed by atoms with Crippen LogP contribution in [0.1, 0.15) is 19.3 Å². The molecule has 2 N–H and O–H groups in total. The van der Waals surface area contributed by atoms with E-state index in [0.29, 0.717) is 25.1 Å². The Morgan fingerprint density at radius 2 is 2.00 bits per heavy atom. The number of nitrogens with one attached hydrogen (secondary N) is 1. The van der Waals surface area contributed by atoms with Crippen molar-refractivity contribution in [3.63, 3.8) is 0 Å². The van der Waals surface area contributed by atoms with E-state index < -0.39 is 21.9 Å². The van der Waals surface area contributed by atoms with Crippen molar-refractivity contribution in [2.24, 2.45) is 5.92 Å². The molecular weight excluding hydrogens is 348 g/mol. The number of methoxy groups -OCH3 is 1. The highest BCUT2D eigenvalue weighted by Crippen LogP contribution is 2.25. The molecule has 1 fully saturated rings. The lowest BCUT2D eigenvalue weighted by atomic mass is 9.99. The number of rotatable bonds is 7. The summed E-state index contributed by atoms with van der Waals surface area (Å²) in [6, 6.07) is 6.11. The van der Waals surface area contributed by atoms with E-state index in [1.807, 2.05) is 0 Å². The molecule has 1 aromatic rings. The number of nitrogens with zero attached hydrogens (tertiary/aromatic N) is 1. The molecule has 0 aromatic heterocycles. The number of aliphatic carboxylic acids is 1. The Balaban J connectivity index is 2.03. The minimum absolute atomic E-state index is 0.0376. The quantitative estimate of drug-likeness (QED) is 0.730. The van der Waals surface area contributed by atoms with Crippen molar-refractivity contribution >= 4 is 21.9 Å². The van der Waals surface area contributed by atoms with Crippen LogP contribution in [0.5, 0.6) is 5.75 Å². The normalized spacial score (nSPS) is 18.5. The fraction of sp³-hybridized carbons (Fsp3) is 0.500. The van der Waals surface area contributed by atoms with Gasteiger partial charge in [0, 0.05) is 19.6 Å². The molecule has 1 atom stereocenters. The summed E-state index contributed by atoms with van der Waals surface area (Å²) in [4.78, 5) is 22.8. The van der Waals surface area contributed by atoms with Crippen LogP contribution in [-0.4, -0.2) is 56.5 Å². The van der Waals surface area contributed by atoms with Crippen LogP contribution in [0.15, 0.2) is 29.2 Å². The van der Waals surface area contributed by atoms with Gasteiger partial charge in [-0.1, -0.05) is 0 Å². The third-order valence-corrected chi connectivity index (χ3v) is 5.97. The van der Waals surface area contributed by atoms with Crippen molar-refractivity contribution < 1.29 is 27.9 Å². The van der Waals surface area contributed by atoms with E-state index in [4.69, 9.17) is 9.84 Å². The molecule has 1 amide bonds. The predicted octanol–water partition coefficient (Wildman–Crippen LogP) is 0.687. The molecule has 0 unspecified atom stereocenters. The summed E-state index contributed by atoms with van der Waals surface area (Å²) in [5, 5.41) is 11.2. The average molecular weight is 370 g/mol. The SMILES string of the molecule is COc1ccc(S(=O)(=O)N2CCC[C@H](C(=O)NCCC(=O)O)C2)cc1. The third-order valence-electron chi connectivity index (χ3n) is 4.09. The number of carbonyl (C=O) groups excluding carboxylic acids is 1. The molecule has 1 heterocycles. The smallest absolute Gasteiger partial charge is 0.305 e. The fourth-order valence-electron chi connectivity index (χ4n) is 2.71. The minimum Gasteiger partial charge on any atom is -0.497 e. The molecule has 0 saturated carbocycles. The van der Waals surface area contributed by atoms with Crippen molar-refractivity contribution in [1.82, 2.24) is 9.62 Å². The van der Waals surface area contributed by atoms with Crippen molar-refractivity contribution in [2.75, 3.05) is 26.7 Å². The zero-order valence-corrected chi connectivity index (χ0v) is 14.8. The number of hydrogen-bond donors (Lipinski definition) is 2. The maximum Gasteiger partial charge on any atom is 0.305 e. The Labute approximate surface area is 146 Å². The van der Waals surface area contributed by atoms with Gasteiger partial charge in [0.05, 0.1) is 24.3 Å². The number of carboxylic acids is 1. The summed E-state index contributed by atoms with van der Waals surface area (Å²) in [5.41, 5.74) is 0. The first-order chi connectivity index (χ1) is 11.8. The molecule has 9 heteroatoms. The molecule has 1 aliphatic rings. The van der Waals surface area contributed by atoms with Crippen LogP contribution < -0.4 is 10.1 Å². The lowest BCUT2D eigenvalue weighted by Crippen LogP contribution is -2.45. The van der Waals surface area contributed by atoms with Gasteiger partial charge in [0.25, 0.3) is 0 Å². The molecular formula is C16H22N2O6S. The van der Waals surface area contributed by atoms with Crippen LogP contribution in [-0.2, 0) is 19.6 Å². The molecule has 0 aliphatic carbocycles. The third kappa shape index (κ3) is 4.93. The Kier molecular flexibility index (Phi) is 6.38. The maximum absolute atomic E-state index is 12.7. The molecule has 25 heavy (non-hydrogen) atoms. The van der Waals surface area contributed by atoms with Gasteiger partial charge in [-0.25, -0.2) is 8.42 Å². The summed E-state index contributed by atoms with van der Waals surface area (Å²) in [5.74, 6) is -1.22. The van der Waals surface area contributed by atoms with Gasteiger partial charge in [-0.3, -0.25) is 9.59 Å². The van der Waals surface area contributed by atoms with Crippen molar-refractivity contribution in [3.8, 4) is 5.75 Å². The zero-order valence-electron chi connectivity index (χ0n) is 14.0. The second-order valence-corrected chi connectivity index (χ2v) is 7.75. The standard InChI is InChI=1S/C16H22N2O6S/c1-24-13-4-6-14(7-5-13)25(22,23)18-10-2-3-12(11-18)16(21)17-9-8-15(19)20/h4-7,12H,2-3,8-11H2,1H3,(H,17,21)(H,19,20)/t12-/m0/s1. The number of piperidine rings is 1. The summed E-state index contributed by atoms with van der Waals surface area (Å²) in [7, 11) is -2.18. The number of benzene rings is 1. The van der Waals surface area contributed by atoms with Gasteiger partial charge in [0.2, 0.25) is 15.9 Å². The molecule has 8 nitrogen and oxygen atoms in total. The molecule has 2 rings (SSSR count). The first-order valence-corrected chi connectivity index (χ1v) is 9.42. The topological polar surface area (TPSA) is 113 Å². The maximum atomic E-state index is 12.7. The van der Waals surface area contributed by atoms with Crippen LogP contribution >= 0.6 is 0 Å². The fourth-order valence-corrected chi connectivity index (χ4v) is 4.23. The lowest BCUT2D eigenvalue weighted by molar-refractivity contribution is -0.137. The van der Waals surface area contributed by atoms with Crippen molar-refractivity contribution in [2.45, 2.75) is 24.2 Å². The van der Waals surface area contributed by atoms with Crippen LogP contribution in [0.25, 0.3) is 0 Å². The summed E-state index contributed by atoms with van der Waals surface area (Å²) in [6.45, 7) is 0.483. The van der Waals surface area contributed by atoms with Gasteiger partial charge in [-0.15, -0.1) is 0 Å². The highest BCUT2D eigenvalue weighted by Gasteiger charge is 2.33. The van der Waals surface area contributed by atoms with Crippen molar-refractivity contribution in [1.29, 1.82) is 0 Å². The first-order valence-electron chi connectivity index (χ1n) is 7.98. The van der Waals surface area contributed by atoms with Gasteiger partial charge >= 0.3 is 5.97 Å². The number of carbonyl (C=O) groups is 2. The highest BCUT2D eigenvalue weighted by molar-refractivity contribution is 7.89. The van der Waals surface area contributed by atoms with Gasteiger partial charge in [-0.2, -0.15) is 4.31 Å². The summed E-state index contributed by atoms with van der Waals surface area (Å²) >= 11 is 0. The number of carboxylic acid groups (broad SMARTS) is 1. The molecule has 1 aliphatic heterocycles. The highest BCUT2D eigenvalue weighted by atomic mass is 32.2. The van der Waals surface area contributed by atoms with Crippen LogP contribution in [0.3, 0.4) is 0 Å². The number of amides is 1. The average Bonchev–Trinajstić information content (AvgIpc) is 2.61. The number of ether oxygens (including phenoxy) is 1. The van der Waals surface area contributed by atoms with Gasteiger partial charge in [0.1, 0.15) is 5.75 Å². The lowest BCUT2D eigenvalue weighted by Gasteiger charge is -2.31. The Bertz CT molecular complexity index is 717. The second-order valence-electron chi connectivity index (χ2n) is 5.81. The molecule has 0 radical (unpaired) electrons. The van der Waals surface area contributed by atoms with E-state index in [2.05, 4.69) is 5.32 Å². The summed E-state index contributed by atoms with van der Waals surface area (Å²) in [6.07, 6.45) is 0.992.